The summed E-state index contributed by atoms with van der Waals surface area (Å²) >= 11 is 4.24. The molecular formula is C11H21NOS. The highest BCUT2D eigenvalue weighted by atomic mass is 32.1. The van der Waals surface area contributed by atoms with Crippen LogP contribution in [0.3, 0.4) is 0 Å². The molecule has 0 saturated carbocycles. The Balaban J connectivity index is 2.15. The third kappa shape index (κ3) is 3.52. The van der Waals surface area contributed by atoms with E-state index in [9.17, 15) is 4.79 Å². The lowest BCUT2D eigenvalue weighted by atomic mass is 10.1. The van der Waals surface area contributed by atoms with E-state index < -0.39 is 0 Å². The van der Waals surface area contributed by atoms with E-state index in [1.807, 2.05) is 4.90 Å². The van der Waals surface area contributed by atoms with Gasteiger partial charge < -0.3 is 4.90 Å². The molecule has 3 heteroatoms. The second-order valence-electron chi connectivity index (χ2n) is 4.15. The average Bonchev–Trinajstić information content (AvgIpc) is 2.54. The summed E-state index contributed by atoms with van der Waals surface area (Å²) < 4.78 is 0. The van der Waals surface area contributed by atoms with E-state index in [2.05, 4.69) is 19.6 Å². The lowest BCUT2D eigenvalue weighted by Gasteiger charge is -2.15. The molecule has 1 atom stereocenters. The van der Waals surface area contributed by atoms with Gasteiger partial charge in [0, 0.05) is 19.5 Å². The first-order valence-electron chi connectivity index (χ1n) is 5.66. The zero-order valence-electron chi connectivity index (χ0n) is 9.04. The molecule has 1 heterocycles. The van der Waals surface area contributed by atoms with E-state index in [1.54, 1.807) is 0 Å². The lowest BCUT2D eigenvalue weighted by molar-refractivity contribution is -0.127. The van der Waals surface area contributed by atoms with Crippen LogP contribution in [-0.2, 0) is 4.79 Å². The first-order valence-corrected chi connectivity index (χ1v) is 6.29. The van der Waals surface area contributed by atoms with Gasteiger partial charge >= 0.3 is 0 Å². The van der Waals surface area contributed by atoms with Crippen LogP contribution in [0.1, 0.15) is 39.0 Å². The second-order valence-corrected chi connectivity index (χ2v) is 4.52. The Morgan fingerprint density at radius 3 is 2.79 bits per heavy atom. The minimum Gasteiger partial charge on any atom is -0.342 e. The van der Waals surface area contributed by atoms with Gasteiger partial charge in [0.2, 0.25) is 5.91 Å². The molecular weight excluding hydrogens is 194 g/mol. The fourth-order valence-electron chi connectivity index (χ4n) is 1.92. The maximum absolute atomic E-state index is 11.5. The SMILES string of the molecule is CCCCCCN1CC(CS)CC1=O. The van der Waals surface area contributed by atoms with Crippen molar-refractivity contribution in [3.63, 3.8) is 0 Å². The summed E-state index contributed by atoms with van der Waals surface area (Å²) in [6.45, 7) is 4.11. The fraction of sp³-hybridized carbons (Fsp3) is 0.909. The van der Waals surface area contributed by atoms with Crippen LogP contribution in [0.5, 0.6) is 0 Å². The minimum absolute atomic E-state index is 0.334. The normalized spacial score (nSPS) is 22.0. The van der Waals surface area contributed by atoms with Crippen molar-refractivity contribution >= 4 is 18.5 Å². The van der Waals surface area contributed by atoms with Crippen molar-refractivity contribution < 1.29 is 4.79 Å². The predicted octanol–water partition coefficient (Wildman–Crippen LogP) is 2.35. The molecule has 0 aromatic carbocycles. The number of rotatable bonds is 6. The molecule has 1 rings (SSSR count). The van der Waals surface area contributed by atoms with Crippen LogP contribution in [0, 0.1) is 5.92 Å². The van der Waals surface area contributed by atoms with Crippen molar-refractivity contribution in [1.29, 1.82) is 0 Å². The van der Waals surface area contributed by atoms with E-state index in [-0.39, 0.29) is 0 Å². The minimum atomic E-state index is 0.334. The fourth-order valence-corrected chi connectivity index (χ4v) is 2.17. The largest absolute Gasteiger partial charge is 0.342 e. The van der Waals surface area contributed by atoms with E-state index >= 15 is 0 Å². The highest BCUT2D eigenvalue weighted by Gasteiger charge is 2.27. The number of hydrogen-bond donors (Lipinski definition) is 1. The Morgan fingerprint density at radius 1 is 1.43 bits per heavy atom. The number of carbonyl (C=O) groups excluding carboxylic acids is 1. The first kappa shape index (κ1) is 11.9. The van der Waals surface area contributed by atoms with E-state index in [4.69, 9.17) is 0 Å². The molecule has 0 aliphatic carbocycles. The summed E-state index contributed by atoms with van der Waals surface area (Å²) in [6, 6.07) is 0. The molecule has 0 radical (unpaired) electrons. The smallest absolute Gasteiger partial charge is 0.222 e. The Hall–Kier alpha value is -0.180. The summed E-state index contributed by atoms with van der Waals surface area (Å²) in [6.07, 6.45) is 5.69. The molecule has 1 aliphatic rings. The van der Waals surface area contributed by atoms with Gasteiger partial charge in [0.1, 0.15) is 0 Å². The third-order valence-corrected chi connectivity index (χ3v) is 3.35. The number of amides is 1. The molecule has 1 saturated heterocycles. The van der Waals surface area contributed by atoms with Crippen LogP contribution in [0.25, 0.3) is 0 Å². The van der Waals surface area contributed by atoms with Crippen LogP contribution in [0.2, 0.25) is 0 Å². The predicted molar refractivity (Wildman–Crippen MR) is 62.7 cm³/mol. The molecule has 82 valence electrons. The molecule has 0 N–H and O–H groups in total. The molecule has 1 aliphatic heterocycles. The quantitative estimate of drug-likeness (QED) is 0.533. The molecule has 0 bridgehead atoms. The second kappa shape index (κ2) is 6.33. The summed E-state index contributed by atoms with van der Waals surface area (Å²) in [4.78, 5) is 13.5. The van der Waals surface area contributed by atoms with Gasteiger partial charge in [-0.05, 0) is 18.1 Å². The van der Waals surface area contributed by atoms with Crippen LogP contribution in [-0.4, -0.2) is 29.6 Å². The van der Waals surface area contributed by atoms with Crippen molar-refractivity contribution in [1.82, 2.24) is 4.90 Å². The number of thiol groups is 1. The van der Waals surface area contributed by atoms with Crippen LogP contribution in [0.4, 0.5) is 0 Å². The van der Waals surface area contributed by atoms with Gasteiger partial charge in [-0.25, -0.2) is 0 Å². The number of likely N-dealkylation sites (tertiary alicyclic amines) is 1. The zero-order valence-corrected chi connectivity index (χ0v) is 9.93. The van der Waals surface area contributed by atoms with E-state index in [0.29, 0.717) is 11.8 Å². The topological polar surface area (TPSA) is 20.3 Å². The molecule has 1 amide bonds. The number of carbonyl (C=O) groups is 1. The van der Waals surface area contributed by atoms with Crippen LogP contribution < -0.4 is 0 Å². The van der Waals surface area contributed by atoms with Crippen molar-refractivity contribution in [2.45, 2.75) is 39.0 Å². The zero-order chi connectivity index (χ0) is 10.4. The van der Waals surface area contributed by atoms with Gasteiger partial charge in [-0.1, -0.05) is 26.2 Å². The Morgan fingerprint density at radius 2 is 2.21 bits per heavy atom. The van der Waals surface area contributed by atoms with E-state index in [0.717, 1.165) is 25.3 Å². The van der Waals surface area contributed by atoms with Gasteiger partial charge in [-0.2, -0.15) is 12.6 Å². The van der Waals surface area contributed by atoms with Gasteiger partial charge in [-0.15, -0.1) is 0 Å². The lowest BCUT2D eigenvalue weighted by Crippen LogP contribution is -2.26. The summed E-state index contributed by atoms with van der Waals surface area (Å²) in [5.41, 5.74) is 0. The summed E-state index contributed by atoms with van der Waals surface area (Å²) in [5, 5.41) is 0. The molecule has 14 heavy (non-hydrogen) atoms. The van der Waals surface area contributed by atoms with E-state index in [1.165, 1.54) is 25.7 Å². The van der Waals surface area contributed by atoms with Gasteiger partial charge in [0.15, 0.2) is 0 Å². The highest BCUT2D eigenvalue weighted by molar-refractivity contribution is 7.80. The number of hydrogen-bond acceptors (Lipinski definition) is 2. The first-order chi connectivity index (χ1) is 6.77. The Labute approximate surface area is 92.5 Å². The average molecular weight is 215 g/mol. The summed E-state index contributed by atoms with van der Waals surface area (Å²) in [7, 11) is 0. The van der Waals surface area contributed by atoms with Gasteiger partial charge in [0.25, 0.3) is 0 Å². The van der Waals surface area contributed by atoms with Crippen LogP contribution >= 0.6 is 12.6 Å². The number of nitrogens with zero attached hydrogens (tertiary/aromatic N) is 1. The molecule has 0 aromatic rings. The molecule has 2 nitrogen and oxygen atoms in total. The molecule has 1 fully saturated rings. The maximum atomic E-state index is 11.5. The van der Waals surface area contributed by atoms with Crippen molar-refractivity contribution in [2.75, 3.05) is 18.8 Å². The molecule has 1 unspecified atom stereocenters. The van der Waals surface area contributed by atoms with Crippen molar-refractivity contribution in [3.05, 3.63) is 0 Å². The Kier molecular flexibility index (Phi) is 5.38. The monoisotopic (exact) mass is 215 g/mol. The standard InChI is InChI=1S/C11H21NOS/c1-2-3-4-5-6-12-8-10(9-14)7-11(12)13/h10,14H,2-9H2,1H3. The maximum Gasteiger partial charge on any atom is 0.222 e. The number of unbranched alkanes of at least 4 members (excludes halogenated alkanes) is 3. The van der Waals surface area contributed by atoms with Gasteiger partial charge in [-0.3, -0.25) is 4.79 Å². The summed E-state index contributed by atoms with van der Waals surface area (Å²) in [5.74, 6) is 1.68. The third-order valence-electron chi connectivity index (χ3n) is 2.83. The highest BCUT2D eigenvalue weighted by Crippen LogP contribution is 2.19. The van der Waals surface area contributed by atoms with Crippen LogP contribution in [0.15, 0.2) is 0 Å². The Bertz CT molecular complexity index is 184. The van der Waals surface area contributed by atoms with Crippen molar-refractivity contribution in [3.8, 4) is 0 Å². The molecule has 0 spiro atoms. The van der Waals surface area contributed by atoms with Gasteiger partial charge in [0.05, 0.1) is 0 Å². The van der Waals surface area contributed by atoms with Crippen molar-refractivity contribution in [2.24, 2.45) is 5.92 Å². The molecule has 0 aromatic heterocycles.